The van der Waals surface area contributed by atoms with Crippen molar-refractivity contribution in [3.63, 3.8) is 0 Å². The Balaban J connectivity index is 2.36. The largest absolute Gasteiger partial charge is 0.378 e. The van der Waals surface area contributed by atoms with Gasteiger partial charge in [0.05, 0.1) is 23.7 Å². The number of ether oxygens (including phenoxy) is 1. The number of amides is 1. The first-order valence-corrected chi connectivity index (χ1v) is 5.82. The van der Waals surface area contributed by atoms with Gasteiger partial charge in [0.25, 0.3) is 5.91 Å². The zero-order chi connectivity index (χ0) is 12.4. The molecule has 0 spiro atoms. The maximum absolute atomic E-state index is 11.2. The Morgan fingerprint density at radius 1 is 1.53 bits per heavy atom. The van der Waals surface area contributed by atoms with Crippen LogP contribution in [0.4, 0.5) is 10.0 Å². The molecule has 0 bridgehead atoms. The van der Waals surface area contributed by atoms with Crippen LogP contribution in [0.5, 0.6) is 0 Å². The van der Waals surface area contributed by atoms with E-state index < -0.39 is 10.8 Å². The SMILES string of the molecule is NC(=O)c1cc([N+](=O)[O-])sc1N1CCOCC1. The molecule has 1 aliphatic heterocycles. The fraction of sp³-hybridized carbons (Fsp3) is 0.444. The molecule has 1 fully saturated rings. The third kappa shape index (κ3) is 2.37. The highest BCUT2D eigenvalue weighted by Crippen LogP contribution is 2.36. The highest BCUT2D eigenvalue weighted by molar-refractivity contribution is 7.19. The summed E-state index contributed by atoms with van der Waals surface area (Å²) in [4.78, 5) is 23.3. The quantitative estimate of drug-likeness (QED) is 0.631. The van der Waals surface area contributed by atoms with Crippen molar-refractivity contribution < 1.29 is 14.5 Å². The van der Waals surface area contributed by atoms with Crippen molar-refractivity contribution >= 4 is 27.2 Å². The van der Waals surface area contributed by atoms with Crippen molar-refractivity contribution in [3.8, 4) is 0 Å². The maximum Gasteiger partial charge on any atom is 0.326 e. The molecule has 2 rings (SSSR count). The summed E-state index contributed by atoms with van der Waals surface area (Å²) in [6.07, 6.45) is 0. The van der Waals surface area contributed by atoms with Gasteiger partial charge < -0.3 is 15.4 Å². The van der Waals surface area contributed by atoms with Crippen LogP contribution in [0.25, 0.3) is 0 Å². The number of hydrogen-bond acceptors (Lipinski definition) is 6. The van der Waals surface area contributed by atoms with Crippen LogP contribution < -0.4 is 10.6 Å². The monoisotopic (exact) mass is 257 g/mol. The molecule has 8 heteroatoms. The molecule has 0 unspecified atom stereocenters. The van der Waals surface area contributed by atoms with Crippen LogP contribution in [0.2, 0.25) is 0 Å². The van der Waals surface area contributed by atoms with Crippen molar-refractivity contribution in [2.24, 2.45) is 5.73 Å². The number of morpholine rings is 1. The van der Waals surface area contributed by atoms with Gasteiger partial charge in [-0.1, -0.05) is 0 Å². The second-order valence-electron chi connectivity index (χ2n) is 3.52. The molecule has 1 aromatic rings. The Labute approximate surface area is 101 Å². The van der Waals surface area contributed by atoms with E-state index in [0.717, 1.165) is 11.3 Å². The van der Waals surface area contributed by atoms with Crippen LogP contribution in [0.1, 0.15) is 10.4 Å². The molecule has 2 heterocycles. The lowest BCUT2D eigenvalue weighted by atomic mass is 10.2. The topological polar surface area (TPSA) is 98.7 Å². The van der Waals surface area contributed by atoms with Crippen LogP contribution in [-0.4, -0.2) is 37.1 Å². The lowest BCUT2D eigenvalue weighted by molar-refractivity contribution is -0.380. The van der Waals surface area contributed by atoms with E-state index in [2.05, 4.69) is 0 Å². The van der Waals surface area contributed by atoms with Gasteiger partial charge >= 0.3 is 5.00 Å². The van der Waals surface area contributed by atoms with Gasteiger partial charge in [-0.2, -0.15) is 0 Å². The summed E-state index contributed by atoms with van der Waals surface area (Å²) in [5, 5.41) is 11.2. The van der Waals surface area contributed by atoms with Crippen LogP contribution in [0.15, 0.2) is 6.07 Å². The van der Waals surface area contributed by atoms with E-state index in [1.807, 2.05) is 4.90 Å². The van der Waals surface area contributed by atoms with Gasteiger partial charge in [0.2, 0.25) is 0 Å². The minimum Gasteiger partial charge on any atom is -0.378 e. The Morgan fingerprint density at radius 3 is 2.71 bits per heavy atom. The van der Waals surface area contributed by atoms with Gasteiger partial charge in [0, 0.05) is 19.2 Å². The molecule has 0 aromatic carbocycles. The molecule has 1 amide bonds. The van der Waals surface area contributed by atoms with Gasteiger partial charge in [-0.25, -0.2) is 0 Å². The second-order valence-corrected chi connectivity index (χ2v) is 4.53. The van der Waals surface area contributed by atoms with Crippen LogP contribution >= 0.6 is 11.3 Å². The average Bonchev–Trinajstić information content (AvgIpc) is 2.75. The lowest BCUT2D eigenvalue weighted by Crippen LogP contribution is -2.36. The Bertz CT molecular complexity index is 453. The van der Waals surface area contributed by atoms with E-state index in [1.165, 1.54) is 6.07 Å². The van der Waals surface area contributed by atoms with Crippen molar-refractivity contribution in [1.29, 1.82) is 0 Å². The van der Waals surface area contributed by atoms with Crippen molar-refractivity contribution in [3.05, 3.63) is 21.7 Å². The number of carbonyl (C=O) groups is 1. The number of rotatable bonds is 3. The van der Waals surface area contributed by atoms with Gasteiger partial charge in [-0.15, -0.1) is 0 Å². The lowest BCUT2D eigenvalue weighted by Gasteiger charge is -2.27. The predicted molar refractivity (Wildman–Crippen MR) is 62.5 cm³/mol. The summed E-state index contributed by atoms with van der Waals surface area (Å²) in [5.74, 6) is -0.643. The Hall–Kier alpha value is -1.67. The number of anilines is 1. The van der Waals surface area contributed by atoms with Crippen molar-refractivity contribution in [2.75, 3.05) is 31.2 Å². The number of primary amides is 1. The number of thiophene rings is 1. The molecule has 0 saturated carbocycles. The first-order valence-electron chi connectivity index (χ1n) is 5.00. The Kier molecular flexibility index (Phi) is 3.25. The molecule has 7 nitrogen and oxygen atoms in total. The van der Waals surface area contributed by atoms with Gasteiger partial charge in [-0.3, -0.25) is 14.9 Å². The first-order chi connectivity index (χ1) is 8.09. The minimum atomic E-state index is -0.643. The highest BCUT2D eigenvalue weighted by Gasteiger charge is 2.25. The number of nitro groups is 1. The van der Waals surface area contributed by atoms with E-state index in [9.17, 15) is 14.9 Å². The number of nitrogens with zero attached hydrogens (tertiary/aromatic N) is 2. The molecule has 0 aliphatic carbocycles. The normalized spacial score (nSPS) is 15.9. The average molecular weight is 257 g/mol. The van der Waals surface area contributed by atoms with E-state index in [4.69, 9.17) is 10.5 Å². The molecule has 1 aliphatic rings. The van der Waals surface area contributed by atoms with E-state index in [0.29, 0.717) is 31.3 Å². The minimum absolute atomic E-state index is 0.0692. The zero-order valence-corrected chi connectivity index (χ0v) is 9.74. The Morgan fingerprint density at radius 2 is 2.18 bits per heavy atom. The van der Waals surface area contributed by atoms with Crippen molar-refractivity contribution in [2.45, 2.75) is 0 Å². The van der Waals surface area contributed by atoms with E-state index in [-0.39, 0.29) is 10.6 Å². The summed E-state index contributed by atoms with van der Waals surface area (Å²) in [7, 11) is 0. The smallest absolute Gasteiger partial charge is 0.326 e. The molecular weight excluding hydrogens is 246 g/mol. The molecule has 0 radical (unpaired) electrons. The number of nitrogens with two attached hydrogens (primary N) is 1. The van der Waals surface area contributed by atoms with Crippen molar-refractivity contribution in [1.82, 2.24) is 0 Å². The molecular formula is C9H11N3O4S. The molecule has 1 saturated heterocycles. The highest BCUT2D eigenvalue weighted by atomic mass is 32.1. The maximum atomic E-state index is 11.2. The van der Waals surface area contributed by atoms with E-state index >= 15 is 0 Å². The van der Waals surface area contributed by atoms with Crippen LogP contribution in [0.3, 0.4) is 0 Å². The third-order valence-corrected chi connectivity index (χ3v) is 3.59. The summed E-state index contributed by atoms with van der Waals surface area (Å²) < 4.78 is 5.19. The molecule has 17 heavy (non-hydrogen) atoms. The number of hydrogen-bond donors (Lipinski definition) is 1. The summed E-state index contributed by atoms with van der Waals surface area (Å²) in [6.45, 7) is 2.31. The summed E-state index contributed by atoms with van der Waals surface area (Å²) in [6, 6.07) is 1.23. The standard InChI is InChI=1S/C9H11N3O4S/c10-8(13)6-5-7(12(14)15)17-9(6)11-1-3-16-4-2-11/h5H,1-4H2,(H2,10,13). The fourth-order valence-electron chi connectivity index (χ4n) is 1.64. The third-order valence-electron chi connectivity index (χ3n) is 2.44. The fourth-order valence-corrected chi connectivity index (χ4v) is 2.67. The van der Waals surface area contributed by atoms with Gasteiger partial charge in [0.15, 0.2) is 0 Å². The van der Waals surface area contributed by atoms with Crippen LogP contribution in [-0.2, 0) is 4.74 Å². The molecule has 92 valence electrons. The van der Waals surface area contributed by atoms with Gasteiger partial charge in [-0.05, 0) is 11.3 Å². The molecule has 1 aromatic heterocycles. The second kappa shape index (κ2) is 4.68. The van der Waals surface area contributed by atoms with Gasteiger partial charge in [0.1, 0.15) is 5.00 Å². The zero-order valence-electron chi connectivity index (χ0n) is 8.92. The molecule has 2 N–H and O–H groups in total. The van der Waals surface area contributed by atoms with E-state index in [1.54, 1.807) is 0 Å². The number of carbonyl (C=O) groups excluding carboxylic acids is 1. The summed E-state index contributed by atoms with van der Waals surface area (Å²) in [5.41, 5.74) is 5.43. The summed E-state index contributed by atoms with van der Waals surface area (Å²) >= 11 is 0.973. The predicted octanol–water partition coefficient (Wildman–Crippen LogP) is 0.592. The molecule has 0 atom stereocenters. The van der Waals surface area contributed by atoms with Crippen LogP contribution in [0, 0.1) is 10.1 Å². The first kappa shape index (κ1) is 11.8.